The van der Waals surface area contributed by atoms with E-state index in [2.05, 4.69) is 61.2 Å². The Balaban J connectivity index is 0.000000227. The number of hydrogen-bond acceptors (Lipinski definition) is 19. The fourth-order valence-corrected chi connectivity index (χ4v) is 21.2. The summed E-state index contributed by atoms with van der Waals surface area (Å²) in [7, 11) is -14.9. The van der Waals surface area contributed by atoms with Gasteiger partial charge in [0, 0.05) is 69.0 Å². The van der Waals surface area contributed by atoms with E-state index >= 15 is 0 Å². The second-order valence-electron chi connectivity index (χ2n) is 31.6. The topological polar surface area (TPSA) is 642 Å². The monoisotopic (exact) mass is 2060 g/mol. The minimum absolute atomic E-state index is 0. The molecular weight excluding hydrogens is 1980 g/mol. The molecule has 0 aliphatic carbocycles. The number of fused-ring (bicyclic) bond motifs is 18. The number of amidine groups is 4. The van der Waals surface area contributed by atoms with E-state index in [-0.39, 0.29) is 92.2 Å². The van der Waals surface area contributed by atoms with Crippen LogP contribution >= 0.6 is 46.4 Å². The number of unbranched alkanes of at least 4 members (excludes halogenated alkanes) is 6. The van der Waals surface area contributed by atoms with E-state index < -0.39 is 62.9 Å². The Morgan fingerprint density at radius 2 is 0.604 bits per heavy atom. The van der Waals surface area contributed by atoms with E-state index in [1.165, 1.54) is 42.5 Å². The summed E-state index contributed by atoms with van der Waals surface area (Å²) in [5.41, 5.74) is 53.3. The Morgan fingerprint density at radius 3 is 0.950 bits per heavy atom. The van der Waals surface area contributed by atoms with E-state index in [9.17, 15) is 38.9 Å². The van der Waals surface area contributed by atoms with Crippen molar-refractivity contribution < 1.29 is 50.1 Å². The van der Waals surface area contributed by atoms with Gasteiger partial charge >= 0.3 is 411 Å². The predicted octanol–water partition coefficient (Wildman–Crippen LogP) is 12.4. The number of guanidine groups is 8. The van der Waals surface area contributed by atoms with Gasteiger partial charge in [0.1, 0.15) is 0 Å². The maximum absolute atomic E-state index is 12.8. The molecule has 0 amide bonds. The largest absolute Gasteiger partial charge is 1.00 e. The smallest absolute Gasteiger partial charge is 0.412 e. The van der Waals surface area contributed by atoms with Crippen molar-refractivity contribution in [3.8, 4) is 0 Å². The van der Waals surface area contributed by atoms with Crippen molar-refractivity contribution in [2.75, 3.05) is 47.4 Å². The van der Waals surface area contributed by atoms with Gasteiger partial charge in [0.25, 0.3) is 0 Å². The Labute approximate surface area is 828 Å². The molecule has 0 saturated heterocycles. The van der Waals surface area contributed by atoms with Crippen LogP contribution in [0.15, 0.2) is 303 Å². The summed E-state index contributed by atoms with van der Waals surface area (Å²) in [6.45, 7) is 4.25. The number of aromatic nitrogens is 2. The van der Waals surface area contributed by atoms with Crippen molar-refractivity contribution in [2.45, 2.75) is 73.0 Å². The molecule has 14 aromatic rings. The number of nitrogens with two attached hydrogens (primary N) is 8. The number of anilines is 4. The van der Waals surface area contributed by atoms with Gasteiger partial charge in [0.15, 0.2) is 0 Å². The third-order valence-electron chi connectivity index (χ3n) is 22.0. The summed E-state index contributed by atoms with van der Waals surface area (Å²) in [5, 5.41) is 19.7. The molecular formula is C93H89Cl4GaN28O10S3+. The fourth-order valence-electron chi connectivity index (χ4n) is 15.6. The number of aryl methyl sites for hydroxylation is 1. The molecule has 12 aromatic carbocycles. The normalized spacial score (nSPS) is 14.0. The van der Waals surface area contributed by atoms with Crippen LogP contribution < -0.4 is 78.1 Å². The van der Waals surface area contributed by atoms with Crippen molar-refractivity contribution in [1.82, 2.24) is 6.55 Å². The molecule has 6 heterocycles. The summed E-state index contributed by atoms with van der Waals surface area (Å²) >= 11 is 21.0. The number of hydrogen-bond donors (Lipinski definition) is 12. The van der Waals surface area contributed by atoms with Crippen LogP contribution in [0.2, 0.25) is 20.1 Å². The second-order valence-corrected chi connectivity index (χ2v) is 40.0. The Bertz CT molecular complexity index is 7880. The molecule has 6 bridgehead atoms. The summed E-state index contributed by atoms with van der Waals surface area (Å²) in [6, 6.07) is 61.4. The summed E-state index contributed by atoms with van der Waals surface area (Å²) in [4.78, 5) is 63.0. The third-order valence-corrected chi connectivity index (χ3v) is 28.7. The Morgan fingerprint density at radius 1 is 0.331 bits per heavy atom. The van der Waals surface area contributed by atoms with E-state index in [0.29, 0.717) is 135 Å². The summed E-state index contributed by atoms with van der Waals surface area (Å²) in [6.07, 6.45) is 7.37. The SMILES string of the molecule is Cc1cccc2cc3c(cc12)C1=NC3=Nc2c3cc4c(S(=O)(=O)[O-])cccc4cc3c3[n]2[Ga][n]2c(c4cc5cccc(S(=O)(=O)[O-])c5cc4c2=NC2=NC(=N3)c3cc4c(S(=O)(=O)[O-])cccc4cc32)=N1.NC(=NCCCCCCN=C(N)N=C(N)Nc1ccc(Cl)cc1)N=C(N)Nc1ccc(Cl)cc1.NC(=NCCCCCCN=C(N)N=C(N)Nc1ccc(Cl)cc1)N=C(N)Nc1ccc(Cl)cc1.O.[H+].[H+].[H+].[H+]. The third kappa shape index (κ3) is 23.7. The molecule has 18 rings (SSSR count). The van der Waals surface area contributed by atoms with Gasteiger partial charge < -0.3 is 72.6 Å². The molecule has 1 radical (unpaired) electrons. The van der Waals surface area contributed by atoms with Crippen LogP contribution in [0.4, 0.5) is 34.4 Å². The minimum Gasteiger partial charge on any atom is -0.412 e. The van der Waals surface area contributed by atoms with Gasteiger partial charge in [0.2, 0.25) is 47.7 Å². The molecule has 139 heavy (non-hydrogen) atoms. The maximum atomic E-state index is 12.8. The first-order valence-corrected chi connectivity index (χ1v) is 50.5. The van der Waals surface area contributed by atoms with Crippen molar-refractivity contribution >= 4 is 265 Å². The molecule has 0 spiro atoms. The molecule has 709 valence electrons. The zero-order valence-electron chi connectivity index (χ0n) is 77.5. The van der Waals surface area contributed by atoms with Crippen molar-refractivity contribution in [3.05, 3.63) is 277 Å². The van der Waals surface area contributed by atoms with Gasteiger partial charge in [0.05, 0.1) is 0 Å². The number of benzene rings is 12. The summed E-state index contributed by atoms with van der Waals surface area (Å²) < 4.78 is 119. The van der Waals surface area contributed by atoms with E-state index in [4.69, 9.17) is 122 Å². The minimum atomic E-state index is -4.98. The van der Waals surface area contributed by atoms with Crippen molar-refractivity contribution in [1.29, 1.82) is 0 Å². The van der Waals surface area contributed by atoms with Crippen LogP contribution in [0, 0.1) is 6.92 Å². The first kappa shape index (κ1) is 99.0. The van der Waals surface area contributed by atoms with E-state index in [1.807, 2.05) is 43.8 Å². The first-order valence-electron chi connectivity index (χ1n) is 42.6. The summed E-state index contributed by atoms with van der Waals surface area (Å²) in [5.74, 6) is 2.62. The van der Waals surface area contributed by atoms with Gasteiger partial charge in [-0.15, -0.1) is 0 Å². The van der Waals surface area contributed by atoms with Crippen LogP contribution in [0.1, 0.15) is 84.9 Å². The molecule has 0 atom stereocenters. The predicted molar refractivity (Wildman–Crippen MR) is 557 cm³/mol. The molecule has 22 N–H and O–H groups in total. The number of aliphatic imine (C=N–C) groups is 12. The van der Waals surface area contributed by atoms with E-state index in [1.54, 1.807) is 146 Å². The molecule has 0 unspecified atom stereocenters. The van der Waals surface area contributed by atoms with Crippen LogP contribution in [-0.4, -0.2) is 166 Å². The molecule has 0 fully saturated rings. The van der Waals surface area contributed by atoms with Gasteiger partial charge in [-0.2, -0.15) is 20.0 Å². The zero-order chi connectivity index (χ0) is 97.4. The molecule has 0 saturated carbocycles. The average molecular weight is 2070 g/mol. The molecule has 2 aromatic heterocycles. The van der Waals surface area contributed by atoms with E-state index in [0.717, 1.165) is 90.5 Å². The quantitative estimate of drug-likeness (QED) is 0.0104. The molecule has 38 nitrogen and oxygen atoms in total. The zero-order valence-corrected chi connectivity index (χ0v) is 81.4. The standard InChI is InChI=1S/C49H26N8O9S3.2C22H30Cl2N10.Ga.H2O/c1-22-6-2-7-23-14-31-35(18-27(22)23)46-50-42(31)52-47-37-20-29-25(9-4-12-40(29)68(61,62)63)16-33(37)44(54-47)56-49-38-21-30-26(10-5-13-41(30)69(64,65)66)17-34(38)45(57-49)55-48-36-19-28-24(15-32(36)43(51-46)53-48)8-3-11-39(28)67(58,59)60;2*23-15-5-9-17(10-6-15)31-21(27)33-19(25)29-13-3-1-2-4-14-30-20(26)34-22(28)32-18-11-7-16(24)8-12-18;;/h2-21H,1H3,(H3-2,50,51,52,53,54,55,56,57,58,59,60,61,62,63,64,65,66);2*5-12H,1-4,13-14H2,(H5,25,27,29,31,33)(H5,26,28,30,32,34);;1H2/q-2;;;+2;/p+1. The Kier molecular flexibility index (Phi) is 30.4. The van der Waals surface area contributed by atoms with Crippen LogP contribution in [0.5, 0.6) is 0 Å². The maximum Gasteiger partial charge on any atom is 1.00 e. The van der Waals surface area contributed by atoms with Crippen LogP contribution in [-0.2, 0) is 30.4 Å². The van der Waals surface area contributed by atoms with Crippen molar-refractivity contribution in [2.24, 2.45) is 116 Å². The fraction of sp³-hybridized carbons (Fsp3) is 0.140. The van der Waals surface area contributed by atoms with Gasteiger partial charge in [-0.25, -0.2) is 0 Å². The van der Waals surface area contributed by atoms with Gasteiger partial charge in [-0.05, 0) is 123 Å². The van der Waals surface area contributed by atoms with Gasteiger partial charge in [-0.1, -0.05) is 72.1 Å². The Hall–Kier alpha value is -14.5. The molecule has 4 aliphatic heterocycles. The van der Waals surface area contributed by atoms with Crippen LogP contribution in [0.25, 0.3) is 64.6 Å². The second kappa shape index (κ2) is 42.6. The average Bonchev–Trinajstić information content (AvgIpc) is 1.55. The molecule has 46 heteroatoms. The first-order chi connectivity index (χ1) is 66.1. The van der Waals surface area contributed by atoms with Crippen molar-refractivity contribution in [3.63, 3.8) is 0 Å². The number of nitrogens with one attached hydrogen (secondary N) is 4. The number of halogens is 4. The number of nitrogens with zero attached hydrogens (tertiary/aromatic N) is 16. The van der Waals surface area contributed by atoms with Gasteiger partial charge in [-0.3, -0.25) is 20.0 Å². The number of rotatable bonds is 21. The molecule has 4 aliphatic rings. The van der Waals surface area contributed by atoms with Crippen LogP contribution in [0.3, 0.4) is 0 Å².